The van der Waals surface area contributed by atoms with Crippen LogP contribution >= 0.6 is 0 Å². The van der Waals surface area contributed by atoms with Gasteiger partial charge in [-0.2, -0.15) is 18.4 Å². The van der Waals surface area contributed by atoms with Crippen molar-refractivity contribution in [2.45, 2.75) is 6.18 Å². The number of ether oxygens (including phenoxy) is 1. The third-order valence-electron chi connectivity index (χ3n) is 3.41. The van der Waals surface area contributed by atoms with E-state index in [1.165, 1.54) is 13.2 Å². The van der Waals surface area contributed by atoms with Crippen LogP contribution in [0.3, 0.4) is 0 Å². The molecule has 0 aliphatic carbocycles. The van der Waals surface area contributed by atoms with E-state index >= 15 is 0 Å². The number of methoxy groups -OCH3 is 1. The molecule has 116 valence electrons. The van der Waals surface area contributed by atoms with Crippen molar-refractivity contribution in [2.24, 2.45) is 0 Å². The van der Waals surface area contributed by atoms with Crippen LogP contribution in [-0.4, -0.2) is 16.5 Å². The van der Waals surface area contributed by atoms with Crippen LogP contribution in [0.1, 0.15) is 11.3 Å². The number of aromatic nitrogens is 2. The van der Waals surface area contributed by atoms with Gasteiger partial charge < -0.3 is 4.74 Å². The number of rotatable bonds is 2. The van der Waals surface area contributed by atoms with Crippen molar-refractivity contribution >= 4 is 5.65 Å². The van der Waals surface area contributed by atoms with Crippen LogP contribution in [-0.2, 0) is 6.18 Å². The minimum Gasteiger partial charge on any atom is -0.496 e. The predicted molar refractivity (Wildman–Crippen MR) is 76.9 cm³/mol. The van der Waals surface area contributed by atoms with Crippen LogP contribution in [0.15, 0.2) is 42.6 Å². The zero-order chi connectivity index (χ0) is 16.6. The summed E-state index contributed by atoms with van der Waals surface area (Å²) >= 11 is 0. The van der Waals surface area contributed by atoms with Gasteiger partial charge in [0.15, 0.2) is 5.69 Å². The van der Waals surface area contributed by atoms with Crippen molar-refractivity contribution in [3.8, 4) is 23.1 Å². The van der Waals surface area contributed by atoms with E-state index in [0.717, 1.165) is 16.7 Å². The lowest BCUT2D eigenvalue weighted by Crippen LogP contribution is -2.06. The molecular weight excluding hydrogens is 307 g/mol. The van der Waals surface area contributed by atoms with Gasteiger partial charge in [0.2, 0.25) is 0 Å². The number of alkyl halides is 3. The van der Waals surface area contributed by atoms with E-state index in [-0.39, 0.29) is 17.0 Å². The Morgan fingerprint density at radius 2 is 1.91 bits per heavy atom. The second kappa shape index (κ2) is 5.32. The molecule has 3 rings (SSSR count). The van der Waals surface area contributed by atoms with Crippen molar-refractivity contribution in [2.75, 3.05) is 7.11 Å². The SMILES string of the molecule is COc1ccccc1-c1nc2ccc(C(F)(F)F)cn2c1C#N. The highest BCUT2D eigenvalue weighted by Gasteiger charge is 2.31. The first-order valence-corrected chi connectivity index (χ1v) is 6.58. The molecule has 0 fully saturated rings. The molecule has 1 aromatic carbocycles. The molecular formula is C16H10F3N3O. The third-order valence-corrected chi connectivity index (χ3v) is 3.41. The van der Waals surface area contributed by atoms with Gasteiger partial charge >= 0.3 is 6.18 Å². The van der Waals surface area contributed by atoms with Gasteiger partial charge in [-0.3, -0.25) is 4.40 Å². The molecule has 0 bridgehead atoms. The fourth-order valence-electron chi connectivity index (χ4n) is 2.35. The van der Waals surface area contributed by atoms with Gasteiger partial charge in [-0.25, -0.2) is 4.98 Å². The largest absolute Gasteiger partial charge is 0.496 e. The highest BCUT2D eigenvalue weighted by atomic mass is 19.4. The summed E-state index contributed by atoms with van der Waals surface area (Å²) in [7, 11) is 1.47. The van der Waals surface area contributed by atoms with Gasteiger partial charge in [0.1, 0.15) is 23.2 Å². The van der Waals surface area contributed by atoms with Crippen LogP contribution in [0.2, 0.25) is 0 Å². The second-order valence-corrected chi connectivity index (χ2v) is 4.76. The van der Waals surface area contributed by atoms with E-state index in [4.69, 9.17) is 4.74 Å². The van der Waals surface area contributed by atoms with Gasteiger partial charge in [-0.1, -0.05) is 12.1 Å². The minimum atomic E-state index is -4.49. The van der Waals surface area contributed by atoms with Crippen molar-refractivity contribution < 1.29 is 17.9 Å². The molecule has 0 amide bonds. The number of fused-ring (bicyclic) bond motifs is 1. The molecule has 2 heterocycles. The Balaban J connectivity index is 2.29. The molecule has 0 aliphatic heterocycles. The van der Waals surface area contributed by atoms with Crippen LogP contribution in [0, 0.1) is 11.3 Å². The van der Waals surface area contributed by atoms with Crippen LogP contribution in [0.4, 0.5) is 13.2 Å². The lowest BCUT2D eigenvalue weighted by molar-refractivity contribution is -0.137. The van der Waals surface area contributed by atoms with Crippen molar-refractivity contribution in [1.82, 2.24) is 9.38 Å². The van der Waals surface area contributed by atoms with E-state index in [1.54, 1.807) is 24.3 Å². The summed E-state index contributed by atoms with van der Waals surface area (Å²) in [6, 6.07) is 11.0. The van der Waals surface area contributed by atoms with Gasteiger partial charge in [0, 0.05) is 11.8 Å². The Labute approximate surface area is 129 Å². The van der Waals surface area contributed by atoms with Crippen molar-refractivity contribution in [3.05, 3.63) is 53.9 Å². The lowest BCUT2D eigenvalue weighted by Gasteiger charge is -2.07. The number of imidazole rings is 1. The first-order valence-electron chi connectivity index (χ1n) is 6.58. The maximum Gasteiger partial charge on any atom is 0.417 e. The summed E-state index contributed by atoms with van der Waals surface area (Å²) in [5, 5.41) is 9.39. The molecule has 0 N–H and O–H groups in total. The quantitative estimate of drug-likeness (QED) is 0.720. The summed E-state index contributed by atoms with van der Waals surface area (Å²) in [5.41, 5.74) is 0.268. The van der Waals surface area contributed by atoms with Gasteiger partial charge in [0.05, 0.1) is 12.7 Å². The Morgan fingerprint density at radius 3 is 2.57 bits per heavy atom. The van der Waals surface area contributed by atoms with Crippen LogP contribution in [0.5, 0.6) is 5.75 Å². The van der Waals surface area contributed by atoms with Crippen molar-refractivity contribution in [1.29, 1.82) is 5.26 Å². The second-order valence-electron chi connectivity index (χ2n) is 4.76. The first kappa shape index (κ1) is 14.9. The van der Waals surface area contributed by atoms with Gasteiger partial charge in [0.25, 0.3) is 0 Å². The zero-order valence-electron chi connectivity index (χ0n) is 11.9. The molecule has 0 aliphatic rings. The standard InChI is InChI=1S/C16H10F3N3O/c1-23-13-5-3-2-4-11(13)15-12(8-20)22-9-10(16(17,18)19)6-7-14(22)21-15/h2-7,9H,1H3. The predicted octanol–water partition coefficient (Wildman–Crippen LogP) is 3.90. The van der Waals surface area contributed by atoms with E-state index in [0.29, 0.717) is 11.3 Å². The third kappa shape index (κ3) is 2.48. The molecule has 0 saturated heterocycles. The molecule has 23 heavy (non-hydrogen) atoms. The van der Waals surface area contributed by atoms with E-state index in [1.807, 2.05) is 6.07 Å². The monoisotopic (exact) mass is 317 g/mol. The molecule has 0 unspecified atom stereocenters. The number of benzene rings is 1. The molecule has 0 saturated carbocycles. The first-order chi connectivity index (χ1) is 11.0. The fraction of sp³-hybridized carbons (Fsp3) is 0.125. The number of nitriles is 1. The van der Waals surface area contributed by atoms with E-state index in [9.17, 15) is 18.4 Å². The summed E-state index contributed by atoms with van der Waals surface area (Å²) in [6.45, 7) is 0. The summed E-state index contributed by atoms with van der Waals surface area (Å²) in [5.74, 6) is 0.489. The molecule has 0 spiro atoms. The summed E-state index contributed by atoms with van der Waals surface area (Å²) < 4.78 is 45.0. The maximum atomic E-state index is 12.9. The Kier molecular flexibility index (Phi) is 3.45. The molecule has 0 radical (unpaired) electrons. The van der Waals surface area contributed by atoms with Gasteiger partial charge in [-0.05, 0) is 24.3 Å². The number of nitrogens with zero attached hydrogens (tertiary/aromatic N) is 3. The molecule has 2 aromatic heterocycles. The lowest BCUT2D eigenvalue weighted by atomic mass is 10.1. The minimum absolute atomic E-state index is 0.0237. The molecule has 0 atom stereocenters. The summed E-state index contributed by atoms with van der Waals surface area (Å²) in [4.78, 5) is 4.28. The smallest absolute Gasteiger partial charge is 0.417 e. The molecule has 3 aromatic rings. The highest BCUT2D eigenvalue weighted by molar-refractivity contribution is 5.74. The topological polar surface area (TPSA) is 50.3 Å². The zero-order valence-corrected chi connectivity index (χ0v) is 11.9. The molecule has 4 nitrogen and oxygen atoms in total. The average Bonchev–Trinajstić information content (AvgIpc) is 2.91. The molecule has 7 heteroatoms. The normalized spacial score (nSPS) is 11.4. The number of para-hydroxylation sites is 1. The number of hydrogen-bond acceptors (Lipinski definition) is 3. The number of halogens is 3. The average molecular weight is 317 g/mol. The highest BCUT2D eigenvalue weighted by Crippen LogP contribution is 2.34. The Hall–Kier alpha value is -3.01. The maximum absolute atomic E-state index is 12.9. The van der Waals surface area contributed by atoms with E-state index < -0.39 is 11.7 Å². The van der Waals surface area contributed by atoms with Crippen LogP contribution in [0.25, 0.3) is 16.9 Å². The van der Waals surface area contributed by atoms with Gasteiger partial charge in [-0.15, -0.1) is 0 Å². The summed E-state index contributed by atoms with van der Waals surface area (Å²) in [6.07, 6.45) is -3.62. The Bertz CT molecular complexity index is 922. The fourth-order valence-corrected chi connectivity index (χ4v) is 2.35. The Morgan fingerprint density at radius 1 is 1.17 bits per heavy atom. The van der Waals surface area contributed by atoms with E-state index in [2.05, 4.69) is 4.98 Å². The van der Waals surface area contributed by atoms with Crippen LogP contribution < -0.4 is 4.74 Å². The van der Waals surface area contributed by atoms with Crippen molar-refractivity contribution in [3.63, 3.8) is 0 Å². The number of hydrogen-bond donors (Lipinski definition) is 0. The number of pyridine rings is 1.